The zero-order valence-corrected chi connectivity index (χ0v) is 12.6. The molecule has 5 nitrogen and oxygen atoms in total. The smallest absolute Gasteiger partial charge is 0.191 e. The van der Waals surface area contributed by atoms with Gasteiger partial charge in [-0.2, -0.15) is 0 Å². The molecule has 0 aromatic heterocycles. The molecule has 0 spiro atoms. The number of nitrogens with one attached hydrogen (secondary N) is 2. The Morgan fingerprint density at radius 2 is 2.10 bits per heavy atom. The third kappa shape index (κ3) is 4.99. The number of phenols is 1. The fourth-order valence-electron chi connectivity index (χ4n) is 1.75. The first-order chi connectivity index (χ1) is 9.72. The van der Waals surface area contributed by atoms with E-state index < -0.39 is 0 Å². The Hall–Kier alpha value is -1.91. The standard InChI is InChI=1S/C15H25N3O2/c1-4-6-10-17-15(16-5-2)18-11-12-8-7-9-13(20-3)14(12)19/h7-9,19H,4-6,10-11H2,1-3H3,(H2,16,17,18). The Bertz CT molecular complexity index is 433. The summed E-state index contributed by atoms with van der Waals surface area (Å²) in [6, 6.07) is 5.42. The number of nitrogens with zero attached hydrogens (tertiary/aromatic N) is 1. The van der Waals surface area contributed by atoms with Crippen LogP contribution in [0.5, 0.6) is 11.5 Å². The van der Waals surface area contributed by atoms with E-state index in [1.807, 2.05) is 19.1 Å². The van der Waals surface area contributed by atoms with E-state index in [9.17, 15) is 5.11 Å². The zero-order valence-electron chi connectivity index (χ0n) is 12.6. The lowest BCUT2D eigenvalue weighted by molar-refractivity contribution is 0.370. The molecule has 0 fully saturated rings. The van der Waals surface area contributed by atoms with E-state index in [2.05, 4.69) is 22.5 Å². The highest BCUT2D eigenvalue weighted by molar-refractivity contribution is 5.79. The summed E-state index contributed by atoms with van der Waals surface area (Å²) in [4.78, 5) is 4.47. The molecule has 5 heteroatoms. The Labute approximate surface area is 121 Å². The number of aliphatic imine (C=N–C) groups is 1. The molecule has 0 unspecified atom stereocenters. The lowest BCUT2D eigenvalue weighted by Gasteiger charge is -2.11. The van der Waals surface area contributed by atoms with E-state index in [1.54, 1.807) is 13.2 Å². The van der Waals surface area contributed by atoms with Crippen LogP contribution in [-0.2, 0) is 6.54 Å². The molecule has 112 valence electrons. The van der Waals surface area contributed by atoms with Crippen molar-refractivity contribution in [2.24, 2.45) is 4.99 Å². The van der Waals surface area contributed by atoms with Gasteiger partial charge in [-0.05, 0) is 19.4 Å². The van der Waals surface area contributed by atoms with Gasteiger partial charge in [0, 0.05) is 18.7 Å². The summed E-state index contributed by atoms with van der Waals surface area (Å²) in [5, 5.41) is 16.5. The summed E-state index contributed by atoms with van der Waals surface area (Å²) >= 11 is 0. The quantitative estimate of drug-likeness (QED) is 0.407. The maximum Gasteiger partial charge on any atom is 0.191 e. The van der Waals surface area contributed by atoms with E-state index in [4.69, 9.17) is 4.74 Å². The van der Waals surface area contributed by atoms with Crippen LogP contribution in [0.1, 0.15) is 32.3 Å². The first-order valence-corrected chi connectivity index (χ1v) is 7.09. The summed E-state index contributed by atoms with van der Waals surface area (Å²) in [7, 11) is 1.54. The molecule has 0 bridgehead atoms. The van der Waals surface area contributed by atoms with Crippen molar-refractivity contribution in [2.45, 2.75) is 33.2 Å². The molecule has 20 heavy (non-hydrogen) atoms. The Kier molecular flexibility index (Phi) is 7.32. The van der Waals surface area contributed by atoms with Gasteiger partial charge < -0.3 is 20.5 Å². The van der Waals surface area contributed by atoms with Crippen LogP contribution < -0.4 is 15.4 Å². The number of guanidine groups is 1. The normalized spacial score (nSPS) is 11.2. The predicted octanol–water partition coefficient (Wildman–Crippen LogP) is 2.26. The number of unbranched alkanes of at least 4 members (excludes halogenated alkanes) is 1. The minimum Gasteiger partial charge on any atom is -0.504 e. The number of para-hydroxylation sites is 1. The van der Waals surface area contributed by atoms with Crippen LogP contribution in [-0.4, -0.2) is 31.3 Å². The van der Waals surface area contributed by atoms with Gasteiger partial charge in [0.25, 0.3) is 0 Å². The van der Waals surface area contributed by atoms with Gasteiger partial charge in [-0.1, -0.05) is 25.5 Å². The van der Waals surface area contributed by atoms with E-state index in [1.165, 1.54) is 0 Å². The summed E-state index contributed by atoms with van der Waals surface area (Å²) < 4.78 is 5.09. The third-order valence-corrected chi connectivity index (χ3v) is 2.88. The molecule has 0 aliphatic heterocycles. The van der Waals surface area contributed by atoms with Gasteiger partial charge in [-0.3, -0.25) is 0 Å². The summed E-state index contributed by atoms with van der Waals surface area (Å²) in [5.74, 6) is 1.40. The molecule has 0 saturated heterocycles. The average molecular weight is 279 g/mol. The second-order valence-electron chi connectivity index (χ2n) is 4.44. The highest BCUT2D eigenvalue weighted by Crippen LogP contribution is 2.29. The van der Waals surface area contributed by atoms with Gasteiger partial charge in [0.2, 0.25) is 0 Å². The molecule has 0 radical (unpaired) electrons. The largest absolute Gasteiger partial charge is 0.504 e. The van der Waals surface area contributed by atoms with Crippen LogP contribution in [0.15, 0.2) is 23.2 Å². The van der Waals surface area contributed by atoms with Gasteiger partial charge in [-0.15, -0.1) is 0 Å². The van der Waals surface area contributed by atoms with Crippen molar-refractivity contribution in [3.05, 3.63) is 23.8 Å². The maximum atomic E-state index is 10.0. The van der Waals surface area contributed by atoms with Crippen LogP contribution in [0.4, 0.5) is 0 Å². The second-order valence-corrected chi connectivity index (χ2v) is 4.44. The Morgan fingerprint density at radius 3 is 2.75 bits per heavy atom. The second kappa shape index (κ2) is 9.07. The van der Waals surface area contributed by atoms with Crippen LogP contribution in [0.25, 0.3) is 0 Å². The first-order valence-electron chi connectivity index (χ1n) is 7.09. The lowest BCUT2D eigenvalue weighted by Crippen LogP contribution is -2.37. The number of benzene rings is 1. The molecule has 0 atom stereocenters. The van der Waals surface area contributed by atoms with Gasteiger partial charge >= 0.3 is 0 Å². The van der Waals surface area contributed by atoms with Crippen molar-refractivity contribution in [3.8, 4) is 11.5 Å². The average Bonchev–Trinajstić information content (AvgIpc) is 2.46. The molecular weight excluding hydrogens is 254 g/mol. The van der Waals surface area contributed by atoms with Crippen molar-refractivity contribution >= 4 is 5.96 Å². The predicted molar refractivity (Wildman–Crippen MR) is 82.4 cm³/mol. The fraction of sp³-hybridized carbons (Fsp3) is 0.533. The summed E-state index contributed by atoms with van der Waals surface area (Å²) in [6.45, 7) is 6.29. The minimum absolute atomic E-state index is 0.156. The molecule has 1 aromatic carbocycles. The van der Waals surface area contributed by atoms with E-state index in [0.717, 1.165) is 37.5 Å². The molecule has 0 aliphatic rings. The molecular formula is C15H25N3O2. The molecule has 3 N–H and O–H groups in total. The number of aromatic hydroxyl groups is 1. The van der Waals surface area contributed by atoms with Crippen molar-refractivity contribution in [2.75, 3.05) is 20.2 Å². The van der Waals surface area contributed by atoms with E-state index in [-0.39, 0.29) is 5.75 Å². The van der Waals surface area contributed by atoms with Crippen LogP contribution in [0, 0.1) is 0 Å². The SMILES string of the molecule is CCCCNC(=NCc1cccc(OC)c1O)NCC. The van der Waals surface area contributed by atoms with Crippen LogP contribution >= 0.6 is 0 Å². The third-order valence-electron chi connectivity index (χ3n) is 2.88. The molecule has 0 aliphatic carbocycles. The molecule has 0 heterocycles. The Morgan fingerprint density at radius 1 is 1.30 bits per heavy atom. The highest BCUT2D eigenvalue weighted by Gasteiger charge is 2.06. The summed E-state index contributed by atoms with van der Waals surface area (Å²) in [6.07, 6.45) is 2.25. The van der Waals surface area contributed by atoms with Crippen molar-refractivity contribution in [3.63, 3.8) is 0 Å². The highest BCUT2D eigenvalue weighted by atomic mass is 16.5. The number of ether oxygens (including phenoxy) is 1. The number of phenolic OH excluding ortho intramolecular Hbond substituents is 1. The lowest BCUT2D eigenvalue weighted by atomic mass is 10.2. The van der Waals surface area contributed by atoms with Gasteiger partial charge in [0.15, 0.2) is 17.5 Å². The number of hydrogen-bond acceptors (Lipinski definition) is 3. The zero-order chi connectivity index (χ0) is 14.8. The maximum absolute atomic E-state index is 10.0. The topological polar surface area (TPSA) is 65.9 Å². The van der Waals surface area contributed by atoms with Crippen molar-refractivity contribution in [1.82, 2.24) is 10.6 Å². The van der Waals surface area contributed by atoms with Crippen LogP contribution in [0.3, 0.4) is 0 Å². The van der Waals surface area contributed by atoms with Crippen molar-refractivity contribution < 1.29 is 9.84 Å². The van der Waals surface area contributed by atoms with E-state index in [0.29, 0.717) is 12.3 Å². The van der Waals surface area contributed by atoms with Gasteiger partial charge in [0.05, 0.1) is 13.7 Å². The Balaban J connectivity index is 2.70. The van der Waals surface area contributed by atoms with E-state index >= 15 is 0 Å². The number of methoxy groups -OCH3 is 1. The molecule has 0 amide bonds. The molecule has 1 aromatic rings. The molecule has 1 rings (SSSR count). The van der Waals surface area contributed by atoms with Crippen LogP contribution in [0.2, 0.25) is 0 Å². The fourth-order valence-corrected chi connectivity index (χ4v) is 1.75. The van der Waals surface area contributed by atoms with Gasteiger partial charge in [-0.25, -0.2) is 4.99 Å². The van der Waals surface area contributed by atoms with Gasteiger partial charge in [0.1, 0.15) is 0 Å². The monoisotopic (exact) mass is 279 g/mol. The van der Waals surface area contributed by atoms with Crippen molar-refractivity contribution in [1.29, 1.82) is 0 Å². The first kappa shape index (κ1) is 16.1. The summed E-state index contributed by atoms with van der Waals surface area (Å²) in [5.41, 5.74) is 0.747. The molecule has 0 saturated carbocycles. The minimum atomic E-state index is 0.156. The number of hydrogen-bond donors (Lipinski definition) is 3. The number of rotatable bonds is 7.